The Morgan fingerprint density at radius 2 is 2.04 bits per heavy atom. The van der Waals surface area contributed by atoms with Gasteiger partial charge in [-0.25, -0.2) is 0 Å². The van der Waals surface area contributed by atoms with E-state index in [2.05, 4.69) is 4.90 Å². The summed E-state index contributed by atoms with van der Waals surface area (Å²) in [6, 6.07) is 9.57. The number of likely N-dealkylation sites (tertiary alicyclic amines) is 1. The average molecular weight is 320 g/mol. The minimum absolute atomic E-state index is 0.0258. The smallest absolute Gasteiger partial charge is 0.451 e. The van der Waals surface area contributed by atoms with Crippen LogP contribution in [0.25, 0.3) is 0 Å². The summed E-state index contributed by atoms with van der Waals surface area (Å²) in [6.07, 6.45) is 1.12. The largest absolute Gasteiger partial charge is 0.480 e. The summed E-state index contributed by atoms with van der Waals surface area (Å²) in [4.78, 5) is 13.8. The molecule has 0 radical (unpaired) electrons. The Morgan fingerprint density at radius 1 is 1.39 bits per heavy atom. The first-order valence-corrected chi connectivity index (χ1v) is 7.99. The fraction of sp³-hybridized carbons (Fsp3) is 0.562. The minimum atomic E-state index is -1.37. The van der Waals surface area contributed by atoms with E-state index in [0.717, 1.165) is 5.56 Å². The van der Waals surface area contributed by atoms with Gasteiger partial charge in [0.15, 0.2) is 0 Å². The molecule has 1 aromatic rings. The van der Waals surface area contributed by atoms with Crippen LogP contribution in [0.3, 0.4) is 0 Å². The van der Waals surface area contributed by atoms with Crippen molar-refractivity contribution in [2.45, 2.75) is 44.2 Å². The number of nitrogens with two attached hydrogens (primary N) is 1. The van der Waals surface area contributed by atoms with Crippen LogP contribution in [0.4, 0.5) is 0 Å². The van der Waals surface area contributed by atoms with E-state index in [1.165, 1.54) is 0 Å². The molecule has 1 aliphatic heterocycles. The molecule has 2 rings (SSSR count). The Bertz CT molecular complexity index is 528. The zero-order valence-corrected chi connectivity index (χ0v) is 13.4. The van der Waals surface area contributed by atoms with Crippen LogP contribution in [-0.4, -0.2) is 51.3 Å². The second-order valence-corrected chi connectivity index (χ2v) is 6.56. The van der Waals surface area contributed by atoms with Crippen LogP contribution in [0.5, 0.6) is 0 Å². The maximum absolute atomic E-state index is 11.7. The van der Waals surface area contributed by atoms with E-state index in [-0.39, 0.29) is 18.3 Å². The summed E-state index contributed by atoms with van der Waals surface area (Å²) >= 11 is 0. The predicted octanol–water partition coefficient (Wildman–Crippen LogP) is 0.542. The lowest BCUT2D eigenvalue weighted by molar-refractivity contribution is -0.149. The molecule has 0 spiro atoms. The number of rotatable bonds is 6. The van der Waals surface area contributed by atoms with Crippen LogP contribution in [0.2, 0.25) is 6.32 Å². The van der Waals surface area contributed by atoms with Gasteiger partial charge in [0.25, 0.3) is 0 Å². The van der Waals surface area contributed by atoms with E-state index in [9.17, 15) is 9.90 Å². The Labute approximate surface area is 137 Å². The van der Waals surface area contributed by atoms with Crippen LogP contribution < -0.4 is 5.73 Å². The van der Waals surface area contributed by atoms with E-state index >= 15 is 0 Å². The van der Waals surface area contributed by atoms with Gasteiger partial charge in [-0.3, -0.25) is 9.69 Å². The van der Waals surface area contributed by atoms with Crippen molar-refractivity contribution in [1.29, 1.82) is 0 Å². The fourth-order valence-electron chi connectivity index (χ4n) is 3.39. The Hall–Kier alpha value is -1.41. The summed E-state index contributed by atoms with van der Waals surface area (Å²) in [5.41, 5.74) is 6.01. The third-order valence-electron chi connectivity index (χ3n) is 4.87. The topological polar surface area (TPSA) is 107 Å². The number of carboxylic acids is 1. The summed E-state index contributed by atoms with van der Waals surface area (Å²) < 4.78 is 0. The first-order chi connectivity index (χ1) is 10.8. The second-order valence-electron chi connectivity index (χ2n) is 6.56. The standard InChI is InChI=1S/C16H25BN2O4/c1-12-16(18,15(20)21)9-14(7-8-17(22)23)11-19(12)10-13-5-3-2-4-6-13/h2-6,12,14,22-23H,7-11,18H2,1H3,(H,20,21)/t12-,14?,16?/m0/s1. The van der Waals surface area contributed by atoms with Crippen molar-refractivity contribution in [3.05, 3.63) is 35.9 Å². The number of nitrogens with zero attached hydrogens (tertiary/aromatic N) is 1. The molecule has 0 saturated carbocycles. The van der Waals surface area contributed by atoms with Gasteiger partial charge in [0.1, 0.15) is 5.54 Å². The van der Waals surface area contributed by atoms with E-state index in [1.54, 1.807) is 0 Å². The highest BCUT2D eigenvalue weighted by Crippen LogP contribution is 2.33. The summed E-state index contributed by atoms with van der Waals surface area (Å²) in [6.45, 7) is 3.19. The normalized spacial score (nSPS) is 28.5. The van der Waals surface area contributed by atoms with Gasteiger partial charge >= 0.3 is 13.1 Å². The third kappa shape index (κ3) is 4.32. The van der Waals surface area contributed by atoms with E-state index in [1.807, 2.05) is 37.3 Å². The molecule has 0 bridgehead atoms. The molecule has 1 heterocycles. The van der Waals surface area contributed by atoms with Crippen LogP contribution in [0.1, 0.15) is 25.3 Å². The lowest BCUT2D eigenvalue weighted by atomic mass is 9.72. The Kier molecular flexibility index (Phi) is 5.81. The fourth-order valence-corrected chi connectivity index (χ4v) is 3.39. The van der Waals surface area contributed by atoms with Crippen molar-refractivity contribution in [1.82, 2.24) is 4.90 Å². The number of piperidine rings is 1. The third-order valence-corrected chi connectivity index (χ3v) is 4.87. The quantitative estimate of drug-likeness (QED) is 0.570. The number of carbonyl (C=O) groups is 1. The van der Waals surface area contributed by atoms with Gasteiger partial charge in [0, 0.05) is 19.1 Å². The van der Waals surface area contributed by atoms with Gasteiger partial charge in [0.05, 0.1) is 0 Å². The predicted molar refractivity (Wildman–Crippen MR) is 88.6 cm³/mol. The molecule has 1 aliphatic rings. The summed E-state index contributed by atoms with van der Waals surface area (Å²) in [5.74, 6) is -0.977. The molecule has 5 N–H and O–H groups in total. The first kappa shape index (κ1) is 17.9. The number of benzene rings is 1. The van der Waals surface area contributed by atoms with Crippen molar-refractivity contribution >= 4 is 13.1 Å². The highest BCUT2D eigenvalue weighted by molar-refractivity contribution is 6.40. The number of carboxylic acid groups (broad SMARTS) is 1. The number of aliphatic carboxylic acids is 1. The maximum Gasteiger partial charge on any atom is 0.451 e. The van der Waals surface area contributed by atoms with Crippen LogP contribution in [-0.2, 0) is 11.3 Å². The molecule has 7 heteroatoms. The molecule has 0 aromatic heterocycles. The van der Waals surface area contributed by atoms with E-state index in [0.29, 0.717) is 25.9 Å². The van der Waals surface area contributed by atoms with E-state index in [4.69, 9.17) is 15.8 Å². The highest BCUT2D eigenvalue weighted by Gasteiger charge is 2.48. The molecule has 2 unspecified atom stereocenters. The Balaban J connectivity index is 2.16. The number of hydrogen-bond acceptors (Lipinski definition) is 5. The van der Waals surface area contributed by atoms with Gasteiger partial charge < -0.3 is 20.9 Å². The van der Waals surface area contributed by atoms with Crippen molar-refractivity contribution in [2.24, 2.45) is 11.7 Å². The summed E-state index contributed by atoms with van der Waals surface area (Å²) in [7, 11) is -1.37. The molecule has 1 saturated heterocycles. The molecule has 0 amide bonds. The molecule has 3 atom stereocenters. The van der Waals surface area contributed by atoms with Crippen molar-refractivity contribution in [2.75, 3.05) is 6.54 Å². The number of hydrogen-bond donors (Lipinski definition) is 4. The molecule has 1 aromatic carbocycles. The zero-order chi connectivity index (χ0) is 17.0. The minimum Gasteiger partial charge on any atom is -0.480 e. The van der Waals surface area contributed by atoms with Crippen molar-refractivity contribution in [3.63, 3.8) is 0 Å². The van der Waals surface area contributed by atoms with Gasteiger partial charge in [-0.1, -0.05) is 36.8 Å². The molecule has 6 nitrogen and oxygen atoms in total. The van der Waals surface area contributed by atoms with Gasteiger partial charge in [0.2, 0.25) is 0 Å². The lowest BCUT2D eigenvalue weighted by Crippen LogP contribution is -2.66. The van der Waals surface area contributed by atoms with Crippen LogP contribution in [0, 0.1) is 5.92 Å². The summed E-state index contributed by atoms with van der Waals surface area (Å²) in [5, 5.41) is 27.7. The second kappa shape index (κ2) is 7.44. The lowest BCUT2D eigenvalue weighted by Gasteiger charge is -2.47. The monoisotopic (exact) mass is 320 g/mol. The van der Waals surface area contributed by atoms with E-state index < -0.39 is 18.6 Å². The molecule has 126 valence electrons. The van der Waals surface area contributed by atoms with Gasteiger partial charge in [-0.15, -0.1) is 0 Å². The van der Waals surface area contributed by atoms with Crippen LogP contribution in [0.15, 0.2) is 30.3 Å². The first-order valence-electron chi connectivity index (χ1n) is 7.99. The zero-order valence-electron chi connectivity index (χ0n) is 13.4. The van der Waals surface area contributed by atoms with Crippen LogP contribution >= 0.6 is 0 Å². The maximum atomic E-state index is 11.7. The molecular formula is C16H25BN2O4. The molecular weight excluding hydrogens is 295 g/mol. The molecule has 0 aliphatic carbocycles. The van der Waals surface area contributed by atoms with Gasteiger partial charge in [-0.05, 0) is 31.1 Å². The Morgan fingerprint density at radius 3 is 2.61 bits per heavy atom. The highest BCUT2D eigenvalue weighted by atomic mass is 16.4. The molecule has 23 heavy (non-hydrogen) atoms. The SMILES string of the molecule is C[C@@H]1N(Cc2ccccc2)CC(CCB(O)O)CC1(N)C(=O)O. The van der Waals surface area contributed by atoms with Gasteiger partial charge in [-0.2, -0.15) is 0 Å². The average Bonchev–Trinajstić information content (AvgIpc) is 2.50. The van der Waals surface area contributed by atoms with Crippen molar-refractivity contribution < 1.29 is 19.9 Å². The van der Waals surface area contributed by atoms with Crippen molar-refractivity contribution in [3.8, 4) is 0 Å². The molecule has 1 fully saturated rings.